The minimum absolute atomic E-state index is 1.11. The molecule has 0 atom stereocenters. The molecule has 0 aromatic rings. The molecule has 0 aromatic carbocycles. The van der Waals surface area contributed by atoms with Crippen molar-refractivity contribution in [2.24, 2.45) is 0 Å². The van der Waals surface area contributed by atoms with Crippen LogP contribution in [0.3, 0.4) is 0 Å². The van der Waals surface area contributed by atoms with Crippen molar-refractivity contribution in [3.63, 3.8) is 0 Å². The molecule has 1 heterocycles. The van der Waals surface area contributed by atoms with Gasteiger partial charge < -0.3 is 5.32 Å². The summed E-state index contributed by atoms with van der Waals surface area (Å²) in [5, 5.41) is 3.45. The Labute approximate surface area is 70.0 Å². The molecule has 1 saturated heterocycles. The quantitative estimate of drug-likeness (QED) is 0.606. The van der Waals surface area contributed by atoms with Gasteiger partial charge in [0.1, 0.15) is 0 Å². The first-order valence-corrected chi connectivity index (χ1v) is 4.86. The average molecular weight is 156 g/mol. The zero-order valence-electron chi connectivity index (χ0n) is 7.60. The van der Waals surface area contributed by atoms with Crippen LogP contribution in [0.25, 0.3) is 0 Å². The smallest absolute Gasteiger partial charge is 0.0480 e. The number of hydrogen-bond acceptors (Lipinski definition) is 2. The number of hydrogen-bond donors (Lipinski definition) is 1. The predicted octanol–water partition coefficient (Wildman–Crippen LogP) is 1.43. The molecule has 2 nitrogen and oxygen atoms in total. The minimum Gasteiger partial charge on any atom is -0.304 e. The van der Waals surface area contributed by atoms with Crippen molar-refractivity contribution in [1.29, 1.82) is 0 Å². The van der Waals surface area contributed by atoms with Gasteiger partial charge in [-0.25, -0.2) is 0 Å². The molecular formula is C9H20N2. The van der Waals surface area contributed by atoms with E-state index >= 15 is 0 Å². The molecule has 0 aromatic heterocycles. The standard InChI is InChI=1S/C9H20N2/c1-2-3-6-10-9-11-7-4-5-8-11/h10H,2-9H2,1H3. The molecule has 0 saturated carbocycles. The summed E-state index contributed by atoms with van der Waals surface area (Å²) in [6.45, 7) is 7.14. The monoisotopic (exact) mass is 156 g/mol. The second kappa shape index (κ2) is 5.56. The normalized spacial score (nSPS) is 19.4. The lowest BCUT2D eigenvalue weighted by Gasteiger charge is -2.14. The van der Waals surface area contributed by atoms with Crippen LogP contribution >= 0.6 is 0 Å². The molecule has 2 heteroatoms. The number of likely N-dealkylation sites (tertiary alicyclic amines) is 1. The van der Waals surface area contributed by atoms with Crippen LogP contribution in [-0.2, 0) is 0 Å². The topological polar surface area (TPSA) is 15.3 Å². The Morgan fingerprint density at radius 3 is 2.64 bits per heavy atom. The molecule has 0 radical (unpaired) electrons. The van der Waals surface area contributed by atoms with Gasteiger partial charge in [-0.1, -0.05) is 13.3 Å². The van der Waals surface area contributed by atoms with Crippen molar-refractivity contribution in [1.82, 2.24) is 10.2 Å². The summed E-state index contributed by atoms with van der Waals surface area (Å²) in [6, 6.07) is 0. The molecule has 66 valence electrons. The molecule has 11 heavy (non-hydrogen) atoms. The molecule has 1 fully saturated rings. The van der Waals surface area contributed by atoms with Gasteiger partial charge >= 0.3 is 0 Å². The lowest BCUT2D eigenvalue weighted by atomic mass is 10.3. The van der Waals surface area contributed by atoms with Gasteiger partial charge in [-0.3, -0.25) is 4.90 Å². The lowest BCUT2D eigenvalue weighted by Crippen LogP contribution is -2.32. The molecule has 1 aliphatic heterocycles. The van der Waals surface area contributed by atoms with Gasteiger partial charge in [0, 0.05) is 6.67 Å². The van der Waals surface area contributed by atoms with E-state index < -0.39 is 0 Å². The molecule has 1 N–H and O–H groups in total. The van der Waals surface area contributed by atoms with Crippen molar-refractivity contribution in [2.75, 3.05) is 26.3 Å². The van der Waals surface area contributed by atoms with Gasteiger partial charge in [0.15, 0.2) is 0 Å². The highest BCUT2D eigenvalue weighted by Gasteiger charge is 2.09. The fourth-order valence-electron chi connectivity index (χ4n) is 1.48. The van der Waals surface area contributed by atoms with E-state index in [9.17, 15) is 0 Å². The maximum Gasteiger partial charge on any atom is 0.0480 e. The molecule has 0 unspecified atom stereocenters. The first-order chi connectivity index (χ1) is 5.43. The highest BCUT2D eigenvalue weighted by Crippen LogP contribution is 2.04. The van der Waals surface area contributed by atoms with Crippen molar-refractivity contribution in [3.8, 4) is 0 Å². The van der Waals surface area contributed by atoms with Crippen LogP contribution in [-0.4, -0.2) is 31.2 Å². The van der Waals surface area contributed by atoms with E-state index in [0.29, 0.717) is 0 Å². The van der Waals surface area contributed by atoms with Gasteiger partial charge in [-0.05, 0) is 38.9 Å². The number of unbranched alkanes of at least 4 members (excludes halogenated alkanes) is 1. The molecule has 1 rings (SSSR count). The first kappa shape index (κ1) is 9.01. The summed E-state index contributed by atoms with van der Waals surface area (Å²) in [4.78, 5) is 2.50. The summed E-state index contributed by atoms with van der Waals surface area (Å²) >= 11 is 0. The van der Waals surface area contributed by atoms with Crippen LogP contribution in [0.1, 0.15) is 32.6 Å². The Balaban J connectivity index is 1.86. The van der Waals surface area contributed by atoms with Crippen molar-refractivity contribution in [2.45, 2.75) is 32.6 Å². The maximum absolute atomic E-state index is 3.45. The number of nitrogens with one attached hydrogen (secondary N) is 1. The van der Waals surface area contributed by atoms with Crippen LogP contribution in [0.5, 0.6) is 0 Å². The predicted molar refractivity (Wildman–Crippen MR) is 48.6 cm³/mol. The minimum atomic E-state index is 1.11. The van der Waals surface area contributed by atoms with Crippen molar-refractivity contribution >= 4 is 0 Å². The Morgan fingerprint density at radius 2 is 2.00 bits per heavy atom. The van der Waals surface area contributed by atoms with Gasteiger partial charge in [-0.2, -0.15) is 0 Å². The molecule has 0 bridgehead atoms. The largest absolute Gasteiger partial charge is 0.304 e. The van der Waals surface area contributed by atoms with E-state index in [0.717, 1.165) is 6.67 Å². The van der Waals surface area contributed by atoms with E-state index in [4.69, 9.17) is 0 Å². The molecule has 1 aliphatic rings. The van der Waals surface area contributed by atoms with E-state index in [2.05, 4.69) is 17.1 Å². The molecule has 0 amide bonds. The van der Waals surface area contributed by atoms with Crippen LogP contribution in [0.2, 0.25) is 0 Å². The molecule has 0 spiro atoms. The van der Waals surface area contributed by atoms with Crippen LogP contribution in [0, 0.1) is 0 Å². The van der Waals surface area contributed by atoms with Crippen molar-refractivity contribution in [3.05, 3.63) is 0 Å². The number of rotatable bonds is 5. The molecule has 0 aliphatic carbocycles. The summed E-state index contributed by atoms with van der Waals surface area (Å²) < 4.78 is 0. The average Bonchev–Trinajstić information content (AvgIpc) is 2.50. The second-order valence-corrected chi connectivity index (χ2v) is 3.34. The SMILES string of the molecule is CCCCNCN1CCCC1. The fraction of sp³-hybridized carbons (Fsp3) is 1.00. The van der Waals surface area contributed by atoms with Crippen LogP contribution < -0.4 is 5.32 Å². The zero-order valence-corrected chi connectivity index (χ0v) is 7.60. The second-order valence-electron chi connectivity index (χ2n) is 3.34. The number of nitrogens with zero attached hydrogens (tertiary/aromatic N) is 1. The van der Waals surface area contributed by atoms with Gasteiger partial charge in [0.25, 0.3) is 0 Å². The summed E-state index contributed by atoms with van der Waals surface area (Å²) in [5.41, 5.74) is 0. The lowest BCUT2D eigenvalue weighted by molar-refractivity contribution is 0.309. The molecular weight excluding hydrogens is 136 g/mol. The van der Waals surface area contributed by atoms with E-state index in [1.54, 1.807) is 0 Å². The maximum atomic E-state index is 3.45. The first-order valence-electron chi connectivity index (χ1n) is 4.86. The third kappa shape index (κ3) is 3.73. The van der Waals surface area contributed by atoms with Crippen molar-refractivity contribution < 1.29 is 0 Å². The van der Waals surface area contributed by atoms with Gasteiger partial charge in [-0.15, -0.1) is 0 Å². The Kier molecular flexibility index (Phi) is 4.55. The fourth-order valence-corrected chi connectivity index (χ4v) is 1.48. The Bertz CT molecular complexity index is 87.6. The third-order valence-corrected chi connectivity index (χ3v) is 2.24. The van der Waals surface area contributed by atoms with E-state index in [1.165, 1.54) is 45.3 Å². The zero-order chi connectivity index (χ0) is 7.94. The summed E-state index contributed by atoms with van der Waals surface area (Å²) in [5.74, 6) is 0. The third-order valence-electron chi connectivity index (χ3n) is 2.24. The van der Waals surface area contributed by atoms with Crippen LogP contribution in [0.15, 0.2) is 0 Å². The van der Waals surface area contributed by atoms with Gasteiger partial charge in [0.2, 0.25) is 0 Å². The van der Waals surface area contributed by atoms with E-state index in [1.807, 2.05) is 0 Å². The Hall–Kier alpha value is -0.0800. The van der Waals surface area contributed by atoms with Gasteiger partial charge in [0.05, 0.1) is 0 Å². The highest BCUT2D eigenvalue weighted by molar-refractivity contribution is 4.64. The Morgan fingerprint density at radius 1 is 1.27 bits per heavy atom. The van der Waals surface area contributed by atoms with Crippen LogP contribution in [0.4, 0.5) is 0 Å². The summed E-state index contributed by atoms with van der Waals surface area (Å²) in [7, 11) is 0. The van der Waals surface area contributed by atoms with E-state index in [-0.39, 0.29) is 0 Å². The summed E-state index contributed by atoms with van der Waals surface area (Å²) in [6.07, 6.45) is 5.41. The highest BCUT2D eigenvalue weighted by atomic mass is 15.2.